The average Bonchev–Trinajstić information content (AvgIpc) is 3.13. The van der Waals surface area contributed by atoms with Gasteiger partial charge in [0.25, 0.3) is 5.91 Å². The quantitative estimate of drug-likeness (QED) is 0.704. The maximum absolute atomic E-state index is 13.8. The molecule has 1 aromatic carbocycles. The smallest absolute Gasteiger partial charge is 0.306 e. The molecule has 1 amide bonds. The van der Waals surface area contributed by atoms with Crippen molar-refractivity contribution in [2.45, 2.75) is 45.1 Å². The Morgan fingerprint density at radius 3 is 2.89 bits per heavy atom. The molecule has 1 aliphatic rings. The summed E-state index contributed by atoms with van der Waals surface area (Å²) < 4.78 is 37.2. The predicted octanol–water partition coefficient (Wildman–Crippen LogP) is 3.50. The first-order chi connectivity index (χ1) is 13.4. The fraction of sp³-hybridized carbons (Fsp3) is 0.450. The molecule has 1 aromatic heterocycles. The molecule has 0 radical (unpaired) electrons. The molecule has 0 saturated carbocycles. The Morgan fingerprint density at radius 1 is 1.32 bits per heavy atom. The van der Waals surface area contributed by atoms with Crippen LogP contribution in [0, 0.1) is 11.6 Å². The monoisotopic (exact) mass is 392 g/mol. The van der Waals surface area contributed by atoms with Gasteiger partial charge in [0.05, 0.1) is 18.2 Å². The van der Waals surface area contributed by atoms with Crippen molar-refractivity contribution in [1.29, 1.82) is 0 Å². The molecule has 2 aromatic rings. The van der Waals surface area contributed by atoms with E-state index in [9.17, 15) is 18.4 Å². The summed E-state index contributed by atoms with van der Waals surface area (Å²) in [5.74, 6) is -1.79. The zero-order chi connectivity index (χ0) is 20.1. The minimum Gasteiger partial charge on any atom is -0.456 e. The van der Waals surface area contributed by atoms with Crippen LogP contribution in [0.3, 0.4) is 0 Å². The van der Waals surface area contributed by atoms with E-state index in [1.54, 1.807) is 4.90 Å². The second kappa shape index (κ2) is 8.95. The van der Waals surface area contributed by atoms with Crippen molar-refractivity contribution in [3.63, 3.8) is 0 Å². The summed E-state index contributed by atoms with van der Waals surface area (Å²) in [6.07, 6.45) is 4.47. The molecule has 3 rings (SSSR count). The molecule has 1 fully saturated rings. The van der Waals surface area contributed by atoms with E-state index in [0.717, 1.165) is 31.4 Å². The number of amides is 1. The highest BCUT2D eigenvalue weighted by Crippen LogP contribution is 2.24. The molecule has 2 heterocycles. The molecule has 1 unspecified atom stereocenters. The first-order valence-electron chi connectivity index (χ1n) is 9.29. The Bertz CT molecular complexity index is 852. The lowest BCUT2D eigenvalue weighted by molar-refractivity contribution is -0.153. The molecular formula is C20H22F2N2O4. The summed E-state index contributed by atoms with van der Waals surface area (Å²) in [5, 5.41) is 0. The number of oxazole rings is 1. The van der Waals surface area contributed by atoms with Gasteiger partial charge in [-0.25, -0.2) is 13.8 Å². The Hall–Kier alpha value is -2.77. The van der Waals surface area contributed by atoms with Crippen molar-refractivity contribution < 1.29 is 27.5 Å². The number of benzene rings is 1. The highest BCUT2D eigenvalue weighted by molar-refractivity contribution is 5.81. The van der Waals surface area contributed by atoms with Crippen molar-refractivity contribution >= 4 is 11.9 Å². The van der Waals surface area contributed by atoms with Crippen molar-refractivity contribution in [3.05, 3.63) is 41.9 Å². The van der Waals surface area contributed by atoms with E-state index in [4.69, 9.17) is 9.15 Å². The topological polar surface area (TPSA) is 72.6 Å². The van der Waals surface area contributed by atoms with Gasteiger partial charge in [0.2, 0.25) is 0 Å². The van der Waals surface area contributed by atoms with Gasteiger partial charge in [-0.15, -0.1) is 0 Å². The summed E-state index contributed by atoms with van der Waals surface area (Å²) in [5.41, 5.74) is 0.0870. The van der Waals surface area contributed by atoms with E-state index in [1.807, 2.05) is 6.92 Å². The van der Waals surface area contributed by atoms with Crippen molar-refractivity contribution in [3.8, 4) is 11.3 Å². The lowest BCUT2D eigenvalue weighted by atomic mass is 10.0. The molecule has 6 nitrogen and oxygen atoms in total. The molecule has 1 atom stereocenters. The van der Waals surface area contributed by atoms with E-state index in [0.29, 0.717) is 6.54 Å². The molecule has 0 aliphatic carbocycles. The molecule has 0 bridgehead atoms. The Morgan fingerprint density at radius 2 is 2.14 bits per heavy atom. The number of esters is 1. The number of piperidine rings is 1. The van der Waals surface area contributed by atoms with Crippen LogP contribution in [0.4, 0.5) is 8.78 Å². The summed E-state index contributed by atoms with van der Waals surface area (Å²) in [7, 11) is 0. The van der Waals surface area contributed by atoms with Gasteiger partial charge in [0, 0.05) is 25.1 Å². The molecule has 0 spiro atoms. The number of nitrogens with zero attached hydrogens (tertiary/aromatic N) is 2. The van der Waals surface area contributed by atoms with Gasteiger partial charge >= 0.3 is 5.97 Å². The fourth-order valence-corrected chi connectivity index (χ4v) is 3.21. The zero-order valence-electron chi connectivity index (χ0n) is 15.6. The first-order valence-corrected chi connectivity index (χ1v) is 9.29. The summed E-state index contributed by atoms with van der Waals surface area (Å²) >= 11 is 0. The normalized spacial score (nSPS) is 16.8. The van der Waals surface area contributed by atoms with Gasteiger partial charge in [0.1, 0.15) is 11.6 Å². The number of aryl methyl sites for hydroxylation is 1. The largest absolute Gasteiger partial charge is 0.456 e. The van der Waals surface area contributed by atoms with Gasteiger partial charge in [-0.1, -0.05) is 0 Å². The van der Waals surface area contributed by atoms with Gasteiger partial charge in [-0.2, -0.15) is 0 Å². The van der Waals surface area contributed by atoms with E-state index in [2.05, 4.69) is 4.98 Å². The first kappa shape index (κ1) is 20.0. The predicted molar refractivity (Wildman–Crippen MR) is 96.2 cm³/mol. The van der Waals surface area contributed by atoms with Crippen molar-refractivity contribution in [2.24, 2.45) is 0 Å². The van der Waals surface area contributed by atoms with Gasteiger partial charge in [-0.3, -0.25) is 9.59 Å². The number of carbonyl (C=O) groups is 2. The number of ether oxygens (including phenoxy) is 1. The standard InChI is InChI=1S/C20H22F2N2O4/c1-13-4-2-3-9-24(13)19(25)12-27-20(26)8-7-18-23-11-17(28-18)15-6-5-14(21)10-16(15)22/h5-6,10-11,13H,2-4,7-9,12H2,1H3. The highest BCUT2D eigenvalue weighted by Gasteiger charge is 2.24. The van der Waals surface area contributed by atoms with Crippen molar-refractivity contribution in [2.75, 3.05) is 13.2 Å². The third-order valence-corrected chi connectivity index (χ3v) is 4.77. The second-order valence-electron chi connectivity index (χ2n) is 6.84. The molecule has 1 aliphatic heterocycles. The van der Waals surface area contributed by atoms with Crippen LogP contribution in [0.1, 0.15) is 38.5 Å². The Kier molecular flexibility index (Phi) is 6.38. The number of hydrogen-bond donors (Lipinski definition) is 0. The SMILES string of the molecule is CC1CCCCN1C(=O)COC(=O)CCc1ncc(-c2ccc(F)cc2F)o1. The number of halogens is 2. The fourth-order valence-electron chi connectivity index (χ4n) is 3.21. The van der Waals surface area contributed by atoms with Crippen LogP contribution in [0.25, 0.3) is 11.3 Å². The average molecular weight is 392 g/mol. The summed E-state index contributed by atoms with van der Waals surface area (Å²) in [6, 6.07) is 3.31. The van der Waals surface area contributed by atoms with Crippen LogP contribution in [0.5, 0.6) is 0 Å². The van der Waals surface area contributed by atoms with Crippen LogP contribution in [0.15, 0.2) is 28.8 Å². The number of hydrogen-bond acceptors (Lipinski definition) is 5. The van der Waals surface area contributed by atoms with Crippen LogP contribution >= 0.6 is 0 Å². The summed E-state index contributed by atoms with van der Waals surface area (Å²) in [4.78, 5) is 29.8. The zero-order valence-corrected chi connectivity index (χ0v) is 15.6. The lowest BCUT2D eigenvalue weighted by Crippen LogP contribution is -2.44. The van der Waals surface area contributed by atoms with Crippen LogP contribution in [0.2, 0.25) is 0 Å². The minimum atomic E-state index is -0.757. The maximum Gasteiger partial charge on any atom is 0.306 e. The van der Waals surface area contributed by atoms with E-state index in [-0.39, 0.29) is 48.6 Å². The number of rotatable bonds is 6. The van der Waals surface area contributed by atoms with E-state index >= 15 is 0 Å². The highest BCUT2D eigenvalue weighted by atomic mass is 19.1. The minimum absolute atomic E-state index is 0.0192. The van der Waals surface area contributed by atoms with Crippen LogP contribution < -0.4 is 0 Å². The lowest BCUT2D eigenvalue weighted by Gasteiger charge is -2.33. The molecular weight excluding hydrogens is 370 g/mol. The second-order valence-corrected chi connectivity index (χ2v) is 6.84. The van der Waals surface area contributed by atoms with Gasteiger partial charge < -0.3 is 14.1 Å². The summed E-state index contributed by atoms with van der Waals surface area (Å²) in [6.45, 7) is 2.40. The van der Waals surface area contributed by atoms with Gasteiger partial charge in [-0.05, 0) is 38.3 Å². The third kappa shape index (κ3) is 4.94. The number of aromatic nitrogens is 1. The molecule has 1 saturated heterocycles. The van der Waals surface area contributed by atoms with Crippen molar-refractivity contribution in [1.82, 2.24) is 9.88 Å². The van der Waals surface area contributed by atoms with Crippen LogP contribution in [-0.4, -0.2) is 41.0 Å². The molecule has 150 valence electrons. The van der Waals surface area contributed by atoms with Gasteiger partial charge in [0.15, 0.2) is 18.3 Å². The van der Waals surface area contributed by atoms with E-state index < -0.39 is 17.6 Å². The number of carbonyl (C=O) groups excluding carboxylic acids is 2. The maximum atomic E-state index is 13.8. The molecule has 0 N–H and O–H groups in total. The Labute approximate surface area is 161 Å². The Balaban J connectivity index is 1.47. The number of likely N-dealkylation sites (tertiary alicyclic amines) is 1. The third-order valence-electron chi connectivity index (χ3n) is 4.77. The molecule has 8 heteroatoms. The molecule has 28 heavy (non-hydrogen) atoms. The van der Waals surface area contributed by atoms with E-state index in [1.165, 1.54) is 12.3 Å². The van der Waals surface area contributed by atoms with Crippen LogP contribution in [-0.2, 0) is 20.7 Å².